The quantitative estimate of drug-likeness (QED) is 0.902. The summed E-state index contributed by atoms with van der Waals surface area (Å²) in [7, 11) is 1.69. The Balaban J connectivity index is 2.34. The maximum Gasteiger partial charge on any atom is 0.122 e. The van der Waals surface area contributed by atoms with E-state index in [-0.39, 0.29) is 6.04 Å². The topological polar surface area (TPSA) is 35.2 Å². The molecule has 0 saturated heterocycles. The molecule has 1 aromatic heterocycles. The minimum atomic E-state index is -0.0746. The maximum atomic E-state index is 6.25. The molecule has 2 aromatic rings. The van der Waals surface area contributed by atoms with Crippen LogP contribution in [0.15, 0.2) is 29.6 Å². The number of aryl methyl sites for hydroxylation is 2. The van der Waals surface area contributed by atoms with Crippen LogP contribution in [0.3, 0.4) is 0 Å². The van der Waals surface area contributed by atoms with E-state index in [0.29, 0.717) is 0 Å². The molecule has 1 heterocycles. The van der Waals surface area contributed by atoms with Gasteiger partial charge in [-0.25, -0.2) is 0 Å². The Kier molecular flexibility index (Phi) is 3.50. The van der Waals surface area contributed by atoms with Gasteiger partial charge in [0.1, 0.15) is 5.75 Å². The Hall–Kier alpha value is -1.32. The van der Waals surface area contributed by atoms with Crippen LogP contribution < -0.4 is 10.5 Å². The van der Waals surface area contributed by atoms with Crippen molar-refractivity contribution >= 4 is 11.3 Å². The van der Waals surface area contributed by atoms with Gasteiger partial charge in [-0.1, -0.05) is 12.1 Å². The van der Waals surface area contributed by atoms with Gasteiger partial charge in [-0.3, -0.25) is 0 Å². The predicted octanol–water partition coefficient (Wildman–Crippen LogP) is 3.42. The predicted molar refractivity (Wildman–Crippen MR) is 72.8 cm³/mol. The van der Waals surface area contributed by atoms with Crippen LogP contribution in [-0.2, 0) is 0 Å². The Labute approximate surface area is 106 Å². The van der Waals surface area contributed by atoms with E-state index in [9.17, 15) is 0 Å². The first-order chi connectivity index (χ1) is 8.11. The molecule has 1 aromatic carbocycles. The minimum absolute atomic E-state index is 0.0746. The molecule has 1 unspecified atom stereocenters. The molecule has 0 radical (unpaired) electrons. The standard InChI is InChI=1S/C14H17NOS/c1-9-4-5-11(7-13(9)16-3)14(15)12-6-10(2)17-8-12/h4-8,14H,15H2,1-3H3. The van der Waals surface area contributed by atoms with Crippen LogP contribution in [0.1, 0.15) is 27.6 Å². The van der Waals surface area contributed by atoms with Crippen molar-refractivity contribution in [2.24, 2.45) is 5.73 Å². The number of thiophene rings is 1. The van der Waals surface area contributed by atoms with Crippen LogP contribution in [-0.4, -0.2) is 7.11 Å². The summed E-state index contributed by atoms with van der Waals surface area (Å²) in [6.45, 7) is 4.12. The highest BCUT2D eigenvalue weighted by Gasteiger charge is 2.12. The van der Waals surface area contributed by atoms with Gasteiger partial charge in [0, 0.05) is 4.88 Å². The summed E-state index contributed by atoms with van der Waals surface area (Å²) < 4.78 is 5.32. The van der Waals surface area contributed by atoms with Crippen LogP contribution in [0.2, 0.25) is 0 Å². The van der Waals surface area contributed by atoms with Gasteiger partial charge in [-0.2, -0.15) is 0 Å². The summed E-state index contributed by atoms with van der Waals surface area (Å²) in [4.78, 5) is 1.29. The fourth-order valence-electron chi connectivity index (χ4n) is 1.85. The highest BCUT2D eigenvalue weighted by molar-refractivity contribution is 7.10. The van der Waals surface area contributed by atoms with E-state index in [1.807, 2.05) is 19.1 Å². The molecule has 1 atom stereocenters. The van der Waals surface area contributed by atoms with Crippen molar-refractivity contribution in [3.05, 3.63) is 51.2 Å². The molecule has 0 amide bonds. The summed E-state index contributed by atoms with van der Waals surface area (Å²) in [5, 5.41) is 2.12. The summed E-state index contributed by atoms with van der Waals surface area (Å²) in [5.41, 5.74) is 9.64. The fraction of sp³-hybridized carbons (Fsp3) is 0.286. The first kappa shape index (κ1) is 12.1. The van der Waals surface area contributed by atoms with Crippen molar-refractivity contribution in [2.75, 3.05) is 7.11 Å². The molecule has 90 valence electrons. The second kappa shape index (κ2) is 4.90. The van der Waals surface area contributed by atoms with Gasteiger partial charge in [0.2, 0.25) is 0 Å². The number of hydrogen-bond donors (Lipinski definition) is 1. The lowest BCUT2D eigenvalue weighted by Gasteiger charge is -2.13. The van der Waals surface area contributed by atoms with E-state index in [4.69, 9.17) is 10.5 Å². The lowest BCUT2D eigenvalue weighted by Crippen LogP contribution is -2.11. The molecule has 17 heavy (non-hydrogen) atoms. The molecule has 0 spiro atoms. The second-order valence-corrected chi connectivity index (χ2v) is 5.31. The third-order valence-corrected chi connectivity index (χ3v) is 3.78. The molecule has 0 bridgehead atoms. The van der Waals surface area contributed by atoms with Crippen LogP contribution in [0.5, 0.6) is 5.75 Å². The Morgan fingerprint density at radius 1 is 1.18 bits per heavy atom. The van der Waals surface area contributed by atoms with Crippen molar-refractivity contribution in [1.82, 2.24) is 0 Å². The van der Waals surface area contributed by atoms with Crippen LogP contribution in [0, 0.1) is 13.8 Å². The molecule has 0 fully saturated rings. The highest BCUT2D eigenvalue weighted by atomic mass is 32.1. The largest absolute Gasteiger partial charge is 0.496 e. The van der Waals surface area contributed by atoms with Gasteiger partial charge in [0.15, 0.2) is 0 Å². The summed E-state index contributed by atoms with van der Waals surface area (Å²) in [5.74, 6) is 0.893. The van der Waals surface area contributed by atoms with Crippen molar-refractivity contribution in [1.29, 1.82) is 0 Å². The minimum Gasteiger partial charge on any atom is -0.496 e. The molecule has 2 N–H and O–H groups in total. The number of methoxy groups -OCH3 is 1. The van der Waals surface area contributed by atoms with Gasteiger partial charge in [0.25, 0.3) is 0 Å². The molecule has 0 saturated carbocycles. The van der Waals surface area contributed by atoms with Gasteiger partial charge in [0.05, 0.1) is 13.2 Å². The van der Waals surface area contributed by atoms with Gasteiger partial charge in [-0.05, 0) is 48.1 Å². The fourth-order valence-corrected chi connectivity index (χ4v) is 2.59. The maximum absolute atomic E-state index is 6.25. The zero-order chi connectivity index (χ0) is 12.4. The van der Waals surface area contributed by atoms with E-state index < -0.39 is 0 Å². The lowest BCUT2D eigenvalue weighted by molar-refractivity contribution is 0.411. The zero-order valence-corrected chi connectivity index (χ0v) is 11.2. The Morgan fingerprint density at radius 3 is 2.53 bits per heavy atom. The van der Waals surface area contributed by atoms with E-state index in [2.05, 4.69) is 24.4 Å². The zero-order valence-electron chi connectivity index (χ0n) is 10.4. The molecule has 0 aliphatic heterocycles. The van der Waals surface area contributed by atoms with Crippen molar-refractivity contribution < 1.29 is 4.74 Å². The summed E-state index contributed by atoms with van der Waals surface area (Å²) in [6, 6.07) is 8.20. The van der Waals surface area contributed by atoms with Crippen molar-refractivity contribution in [3.8, 4) is 5.75 Å². The average Bonchev–Trinajstić information content (AvgIpc) is 2.75. The second-order valence-electron chi connectivity index (χ2n) is 4.20. The Bertz CT molecular complexity index is 519. The molecule has 2 rings (SSSR count). The molecule has 3 heteroatoms. The molecule has 0 aliphatic rings. The number of hydrogen-bond acceptors (Lipinski definition) is 3. The van der Waals surface area contributed by atoms with Crippen LogP contribution in [0.25, 0.3) is 0 Å². The van der Waals surface area contributed by atoms with Gasteiger partial charge >= 0.3 is 0 Å². The molecular formula is C14H17NOS. The third-order valence-electron chi connectivity index (χ3n) is 2.90. The molecule has 2 nitrogen and oxygen atoms in total. The molecular weight excluding hydrogens is 230 g/mol. The monoisotopic (exact) mass is 247 g/mol. The first-order valence-electron chi connectivity index (χ1n) is 5.57. The van der Waals surface area contributed by atoms with Crippen molar-refractivity contribution in [3.63, 3.8) is 0 Å². The Morgan fingerprint density at radius 2 is 1.94 bits per heavy atom. The van der Waals surface area contributed by atoms with E-state index in [0.717, 1.165) is 16.9 Å². The summed E-state index contributed by atoms with van der Waals surface area (Å²) in [6.07, 6.45) is 0. The lowest BCUT2D eigenvalue weighted by atomic mass is 10.0. The van der Waals surface area contributed by atoms with Crippen LogP contribution in [0.4, 0.5) is 0 Å². The smallest absolute Gasteiger partial charge is 0.122 e. The van der Waals surface area contributed by atoms with Gasteiger partial charge < -0.3 is 10.5 Å². The van der Waals surface area contributed by atoms with E-state index in [1.165, 1.54) is 10.4 Å². The highest BCUT2D eigenvalue weighted by Crippen LogP contribution is 2.28. The van der Waals surface area contributed by atoms with Crippen molar-refractivity contribution in [2.45, 2.75) is 19.9 Å². The number of benzene rings is 1. The van der Waals surface area contributed by atoms with Crippen LogP contribution >= 0.6 is 11.3 Å². The number of ether oxygens (including phenoxy) is 1. The number of rotatable bonds is 3. The SMILES string of the molecule is COc1cc(C(N)c2csc(C)c2)ccc1C. The van der Waals surface area contributed by atoms with E-state index >= 15 is 0 Å². The van der Waals surface area contributed by atoms with E-state index in [1.54, 1.807) is 18.4 Å². The summed E-state index contributed by atoms with van der Waals surface area (Å²) >= 11 is 1.73. The molecule has 0 aliphatic carbocycles. The first-order valence-corrected chi connectivity index (χ1v) is 6.45. The number of nitrogens with two attached hydrogens (primary N) is 1. The normalized spacial score (nSPS) is 12.5. The average molecular weight is 247 g/mol. The third kappa shape index (κ3) is 2.51. The van der Waals surface area contributed by atoms with Gasteiger partial charge in [-0.15, -0.1) is 11.3 Å².